The fraction of sp³-hybridized carbons (Fsp3) is 0.625. The Bertz CT molecular complexity index is 375. The zero-order valence-electron chi connectivity index (χ0n) is 11.9. The molecule has 1 aliphatic rings. The van der Waals surface area contributed by atoms with E-state index in [0.717, 1.165) is 18.0 Å². The van der Waals surface area contributed by atoms with Crippen molar-refractivity contribution in [3.8, 4) is 0 Å². The monoisotopic (exact) mass is 264 g/mol. The molecule has 0 radical (unpaired) electrons. The summed E-state index contributed by atoms with van der Waals surface area (Å²) in [4.78, 5) is 2.22. The molecule has 2 nitrogen and oxygen atoms in total. The molecule has 0 bridgehead atoms. The Morgan fingerprint density at radius 3 is 2.74 bits per heavy atom. The van der Waals surface area contributed by atoms with Crippen LogP contribution in [0.25, 0.3) is 0 Å². The van der Waals surface area contributed by atoms with E-state index in [1.165, 1.54) is 44.8 Å². The van der Waals surface area contributed by atoms with Gasteiger partial charge in [0.2, 0.25) is 0 Å². The topological polar surface area (TPSA) is 15.3 Å². The van der Waals surface area contributed by atoms with Gasteiger partial charge in [-0.2, -0.15) is 0 Å². The number of nitrogens with one attached hydrogen (secondary N) is 1. The number of hydrogen-bond donors (Lipinski definition) is 1. The molecule has 0 amide bonds. The quantitative estimate of drug-likeness (QED) is 0.849. The van der Waals surface area contributed by atoms with Gasteiger partial charge in [-0.05, 0) is 64.3 Å². The lowest BCUT2D eigenvalue weighted by Crippen LogP contribution is -2.28. The van der Waals surface area contributed by atoms with Crippen LogP contribution in [0.3, 0.4) is 0 Å². The Morgan fingerprint density at radius 2 is 2.00 bits per heavy atom. The summed E-state index contributed by atoms with van der Waals surface area (Å²) in [5.41, 5.74) is 0.798. The van der Waals surface area contributed by atoms with Crippen molar-refractivity contribution in [2.45, 2.75) is 32.2 Å². The van der Waals surface area contributed by atoms with Crippen LogP contribution < -0.4 is 5.32 Å². The van der Waals surface area contributed by atoms with Gasteiger partial charge in [0.25, 0.3) is 0 Å². The van der Waals surface area contributed by atoms with E-state index in [2.05, 4.69) is 17.3 Å². The minimum atomic E-state index is -0.0901. The highest BCUT2D eigenvalue weighted by atomic mass is 19.1. The molecule has 0 aliphatic carbocycles. The number of piperidine rings is 1. The van der Waals surface area contributed by atoms with Gasteiger partial charge in [0.1, 0.15) is 5.82 Å². The van der Waals surface area contributed by atoms with E-state index in [1.807, 2.05) is 12.1 Å². The van der Waals surface area contributed by atoms with Crippen molar-refractivity contribution in [2.75, 3.05) is 26.7 Å². The van der Waals surface area contributed by atoms with Gasteiger partial charge in [0, 0.05) is 12.1 Å². The minimum Gasteiger partial charge on any atom is -0.317 e. The highest BCUT2D eigenvalue weighted by Crippen LogP contribution is 2.18. The molecule has 2 rings (SSSR count). The van der Waals surface area contributed by atoms with Gasteiger partial charge in [-0.3, -0.25) is 0 Å². The lowest BCUT2D eigenvalue weighted by Gasteiger charge is -2.24. The molecular weight excluding hydrogens is 239 g/mol. The Hall–Kier alpha value is -0.930. The summed E-state index contributed by atoms with van der Waals surface area (Å²) in [7, 11) is 2.08. The number of benzene rings is 1. The van der Waals surface area contributed by atoms with E-state index in [9.17, 15) is 4.39 Å². The maximum absolute atomic E-state index is 13.5. The van der Waals surface area contributed by atoms with Crippen LogP contribution in [0.2, 0.25) is 0 Å². The summed E-state index contributed by atoms with van der Waals surface area (Å²) in [6, 6.07) is 7.06. The molecule has 1 aromatic carbocycles. The molecule has 106 valence electrons. The van der Waals surface area contributed by atoms with Crippen LogP contribution in [0.5, 0.6) is 0 Å². The number of halogens is 1. The van der Waals surface area contributed by atoms with Crippen LogP contribution in [0.4, 0.5) is 4.39 Å². The maximum atomic E-state index is 13.5. The van der Waals surface area contributed by atoms with Gasteiger partial charge in [0.05, 0.1) is 0 Å². The minimum absolute atomic E-state index is 0.0901. The average molecular weight is 264 g/mol. The lowest BCUT2D eigenvalue weighted by molar-refractivity contribution is 0.283. The third kappa shape index (κ3) is 4.92. The smallest absolute Gasteiger partial charge is 0.127 e. The first-order chi connectivity index (χ1) is 9.25. The molecule has 1 aromatic rings. The van der Waals surface area contributed by atoms with Gasteiger partial charge >= 0.3 is 0 Å². The van der Waals surface area contributed by atoms with E-state index < -0.39 is 0 Å². The highest BCUT2D eigenvalue weighted by molar-refractivity contribution is 5.16. The molecule has 0 atom stereocenters. The second-order valence-electron chi connectivity index (χ2n) is 5.66. The van der Waals surface area contributed by atoms with E-state index in [-0.39, 0.29) is 5.82 Å². The van der Waals surface area contributed by atoms with Crippen molar-refractivity contribution in [3.63, 3.8) is 0 Å². The van der Waals surface area contributed by atoms with Crippen LogP contribution in [0, 0.1) is 11.7 Å². The summed E-state index contributed by atoms with van der Waals surface area (Å²) in [5, 5.41) is 3.40. The van der Waals surface area contributed by atoms with E-state index in [0.29, 0.717) is 6.54 Å². The molecule has 3 heteroatoms. The van der Waals surface area contributed by atoms with Gasteiger partial charge in [0.15, 0.2) is 0 Å². The van der Waals surface area contributed by atoms with Crippen LogP contribution in [-0.2, 0) is 6.54 Å². The molecule has 1 saturated heterocycles. The van der Waals surface area contributed by atoms with Gasteiger partial charge in [-0.25, -0.2) is 4.39 Å². The van der Waals surface area contributed by atoms with Crippen molar-refractivity contribution >= 4 is 0 Å². The predicted octanol–water partition coefficient (Wildman–Crippen LogP) is 3.04. The molecule has 1 N–H and O–H groups in total. The van der Waals surface area contributed by atoms with Gasteiger partial charge in [-0.1, -0.05) is 18.2 Å². The van der Waals surface area contributed by atoms with Gasteiger partial charge in [-0.15, -0.1) is 0 Å². The summed E-state index contributed by atoms with van der Waals surface area (Å²) in [6.45, 7) is 4.11. The zero-order valence-corrected chi connectivity index (χ0v) is 11.9. The van der Waals surface area contributed by atoms with Crippen LogP contribution in [0.1, 0.15) is 31.2 Å². The summed E-state index contributed by atoms with van der Waals surface area (Å²) in [5.74, 6) is 0.802. The van der Waals surface area contributed by atoms with E-state index in [4.69, 9.17) is 0 Å². The number of rotatable bonds is 6. The number of nitrogens with zero attached hydrogens (tertiary/aromatic N) is 1. The second-order valence-corrected chi connectivity index (χ2v) is 5.66. The average Bonchev–Trinajstić information content (AvgIpc) is 2.43. The Morgan fingerprint density at radius 1 is 1.26 bits per heavy atom. The molecule has 0 aromatic heterocycles. The van der Waals surface area contributed by atoms with Crippen LogP contribution >= 0.6 is 0 Å². The Labute approximate surface area is 116 Å². The first-order valence-corrected chi connectivity index (χ1v) is 7.38. The largest absolute Gasteiger partial charge is 0.317 e. The summed E-state index contributed by atoms with van der Waals surface area (Å²) < 4.78 is 13.5. The summed E-state index contributed by atoms with van der Waals surface area (Å²) >= 11 is 0. The Balaban J connectivity index is 1.67. The van der Waals surface area contributed by atoms with Crippen LogP contribution in [-0.4, -0.2) is 31.6 Å². The van der Waals surface area contributed by atoms with Crippen molar-refractivity contribution in [1.82, 2.24) is 10.2 Å². The van der Waals surface area contributed by atoms with Gasteiger partial charge < -0.3 is 10.2 Å². The highest BCUT2D eigenvalue weighted by Gasteiger charge is 2.13. The lowest BCUT2D eigenvalue weighted by atomic mass is 9.93. The first-order valence-electron chi connectivity index (χ1n) is 7.38. The van der Waals surface area contributed by atoms with Crippen molar-refractivity contribution in [3.05, 3.63) is 35.6 Å². The first kappa shape index (κ1) is 14.5. The molecule has 0 saturated carbocycles. The van der Waals surface area contributed by atoms with Crippen LogP contribution in [0.15, 0.2) is 24.3 Å². The predicted molar refractivity (Wildman–Crippen MR) is 77.6 cm³/mol. The third-order valence-corrected chi connectivity index (χ3v) is 4.01. The summed E-state index contributed by atoms with van der Waals surface area (Å²) in [6.07, 6.45) is 5.16. The molecule has 19 heavy (non-hydrogen) atoms. The molecule has 0 unspecified atom stereocenters. The molecule has 1 aliphatic heterocycles. The van der Waals surface area contributed by atoms with E-state index in [1.54, 1.807) is 6.07 Å². The second kappa shape index (κ2) is 7.61. The fourth-order valence-electron chi connectivity index (χ4n) is 2.82. The molecule has 0 spiro atoms. The molecule has 1 fully saturated rings. The van der Waals surface area contributed by atoms with Crippen molar-refractivity contribution in [1.29, 1.82) is 0 Å². The number of hydrogen-bond acceptors (Lipinski definition) is 2. The standard InChI is InChI=1S/C16H25FN2/c1-19(13-15-6-2-3-7-16(15)17)12-4-5-14-8-10-18-11-9-14/h2-3,6-7,14,18H,4-5,8-13H2,1H3. The normalized spacial score (nSPS) is 17.0. The molecule has 1 heterocycles. The zero-order chi connectivity index (χ0) is 13.5. The fourth-order valence-corrected chi connectivity index (χ4v) is 2.82. The Kier molecular flexibility index (Phi) is 5.80. The van der Waals surface area contributed by atoms with E-state index >= 15 is 0 Å². The van der Waals surface area contributed by atoms with Crippen molar-refractivity contribution < 1.29 is 4.39 Å². The van der Waals surface area contributed by atoms with Crippen molar-refractivity contribution in [2.24, 2.45) is 5.92 Å². The third-order valence-electron chi connectivity index (χ3n) is 4.01. The maximum Gasteiger partial charge on any atom is 0.127 e. The molecular formula is C16H25FN2. The SMILES string of the molecule is CN(CCCC1CCNCC1)Cc1ccccc1F.